The van der Waals surface area contributed by atoms with Crippen LogP contribution in [0.4, 0.5) is 11.4 Å². The fourth-order valence-corrected chi connectivity index (χ4v) is 2.58. The lowest BCUT2D eigenvalue weighted by Crippen LogP contribution is -2.30. The molecule has 5 nitrogen and oxygen atoms in total. The van der Waals surface area contributed by atoms with Crippen molar-refractivity contribution in [1.29, 1.82) is 0 Å². The number of ether oxygens (including phenoxy) is 1. The van der Waals surface area contributed by atoms with E-state index in [9.17, 15) is 9.59 Å². The van der Waals surface area contributed by atoms with E-state index in [0.29, 0.717) is 10.7 Å². The first-order valence-corrected chi connectivity index (χ1v) is 8.37. The maximum Gasteiger partial charge on any atom is 0.338 e. The molecular formula is C20H17ClN2O3. The van der Waals surface area contributed by atoms with Gasteiger partial charge in [0.05, 0.1) is 16.3 Å². The van der Waals surface area contributed by atoms with Crippen molar-refractivity contribution in [3.63, 3.8) is 0 Å². The number of carbonyl (C=O) groups is 2. The quantitative estimate of drug-likeness (QED) is 0.532. The summed E-state index contributed by atoms with van der Waals surface area (Å²) in [6.07, 6.45) is -0.967. The Morgan fingerprint density at radius 2 is 1.77 bits per heavy atom. The zero-order chi connectivity index (χ0) is 18.7. The number of anilines is 2. The summed E-state index contributed by atoms with van der Waals surface area (Å²) in [7, 11) is 0. The largest absolute Gasteiger partial charge is 0.449 e. The number of rotatable bonds is 4. The third kappa shape index (κ3) is 3.95. The number of nitrogens with one attached hydrogen (secondary N) is 1. The van der Waals surface area contributed by atoms with E-state index in [2.05, 4.69) is 5.32 Å². The molecule has 0 heterocycles. The predicted octanol–water partition coefficient (Wildman–Crippen LogP) is 4.26. The Morgan fingerprint density at radius 3 is 2.50 bits per heavy atom. The average Bonchev–Trinajstić information content (AvgIpc) is 2.63. The van der Waals surface area contributed by atoms with Gasteiger partial charge in [0.2, 0.25) is 0 Å². The lowest BCUT2D eigenvalue weighted by atomic mass is 10.1. The monoisotopic (exact) mass is 368 g/mol. The molecule has 0 aliphatic rings. The van der Waals surface area contributed by atoms with Crippen molar-refractivity contribution in [2.45, 2.75) is 13.0 Å². The summed E-state index contributed by atoms with van der Waals surface area (Å²) >= 11 is 5.83. The number of nitrogens with two attached hydrogens (primary N) is 1. The van der Waals surface area contributed by atoms with Gasteiger partial charge >= 0.3 is 5.97 Å². The lowest BCUT2D eigenvalue weighted by molar-refractivity contribution is -0.123. The van der Waals surface area contributed by atoms with Gasteiger partial charge in [0, 0.05) is 5.69 Å². The summed E-state index contributed by atoms with van der Waals surface area (Å²) in [4.78, 5) is 24.5. The molecule has 0 aromatic heterocycles. The molecule has 6 heteroatoms. The van der Waals surface area contributed by atoms with E-state index in [1.807, 2.05) is 36.4 Å². The molecule has 0 aliphatic carbocycles. The number of carbonyl (C=O) groups excluding carboxylic acids is 2. The Balaban J connectivity index is 1.66. The van der Waals surface area contributed by atoms with Gasteiger partial charge in [-0.2, -0.15) is 0 Å². The Kier molecular flexibility index (Phi) is 5.09. The van der Waals surface area contributed by atoms with E-state index in [1.54, 1.807) is 6.07 Å². The van der Waals surface area contributed by atoms with Crippen LogP contribution in [0.1, 0.15) is 17.3 Å². The van der Waals surface area contributed by atoms with Gasteiger partial charge in [-0.1, -0.05) is 41.9 Å². The van der Waals surface area contributed by atoms with Gasteiger partial charge in [-0.15, -0.1) is 0 Å². The fraction of sp³-hybridized carbons (Fsp3) is 0.100. The van der Waals surface area contributed by atoms with Gasteiger partial charge in [-0.3, -0.25) is 4.79 Å². The van der Waals surface area contributed by atoms with E-state index in [4.69, 9.17) is 22.1 Å². The van der Waals surface area contributed by atoms with E-state index < -0.39 is 18.0 Å². The normalized spacial score (nSPS) is 11.8. The van der Waals surface area contributed by atoms with Crippen LogP contribution in [0.2, 0.25) is 5.02 Å². The van der Waals surface area contributed by atoms with E-state index in [0.717, 1.165) is 10.8 Å². The molecule has 132 valence electrons. The van der Waals surface area contributed by atoms with Crippen LogP contribution in [-0.4, -0.2) is 18.0 Å². The smallest absolute Gasteiger partial charge is 0.338 e. The first-order chi connectivity index (χ1) is 12.4. The van der Waals surface area contributed by atoms with Crippen molar-refractivity contribution in [2.24, 2.45) is 0 Å². The van der Waals surface area contributed by atoms with Crippen molar-refractivity contribution in [1.82, 2.24) is 0 Å². The van der Waals surface area contributed by atoms with Gasteiger partial charge < -0.3 is 15.8 Å². The molecule has 0 radical (unpaired) electrons. The van der Waals surface area contributed by atoms with Gasteiger partial charge in [0.1, 0.15) is 0 Å². The zero-order valence-corrected chi connectivity index (χ0v) is 14.8. The molecule has 1 amide bonds. The first-order valence-electron chi connectivity index (χ1n) is 8.00. The Bertz CT molecular complexity index is 988. The minimum Gasteiger partial charge on any atom is -0.449 e. The minimum absolute atomic E-state index is 0.234. The van der Waals surface area contributed by atoms with E-state index in [1.165, 1.54) is 25.1 Å². The number of halogens is 1. The summed E-state index contributed by atoms with van der Waals surface area (Å²) in [6.45, 7) is 1.51. The van der Waals surface area contributed by atoms with Crippen LogP contribution in [0.3, 0.4) is 0 Å². The molecule has 0 aliphatic heterocycles. The molecule has 1 atom stereocenters. The van der Waals surface area contributed by atoms with Crippen LogP contribution in [0.25, 0.3) is 10.8 Å². The molecule has 0 unspecified atom stereocenters. The highest BCUT2D eigenvalue weighted by atomic mass is 35.5. The first kappa shape index (κ1) is 17.8. The number of hydrogen-bond acceptors (Lipinski definition) is 4. The van der Waals surface area contributed by atoms with Crippen molar-refractivity contribution in [3.8, 4) is 0 Å². The molecule has 3 aromatic rings. The SMILES string of the molecule is C[C@H](OC(=O)c1ccc(Cl)c(N)c1)C(=O)Nc1ccc2ccccc2c1. The Labute approximate surface area is 155 Å². The maximum atomic E-state index is 12.3. The molecule has 3 aromatic carbocycles. The molecule has 0 fully saturated rings. The molecule has 3 rings (SSSR count). The van der Waals surface area contributed by atoms with Crippen LogP contribution in [-0.2, 0) is 9.53 Å². The second-order valence-electron chi connectivity index (χ2n) is 5.84. The summed E-state index contributed by atoms with van der Waals surface area (Å²) < 4.78 is 5.20. The van der Waals surface area contributed by atoms with Gasteiger partial charge in [-0.25, -0.2) is 4.79 Å². The molecular weight excluding hydrogens is 352 g/mol. The van der Waals surface area contributed by atoms with Crippen molar-refractivity contribution >= 4 is 45.6 Å². The predicted molar refractivity (Wildman–Crippen MR) is 103 cm³/mol. The van der Waals surface area contributed by atoms with Gasteiger partial charge in [0.15, 0.2) is 6.10 Å². The van der Waals surface area contributed by atoms with Gasteiger partial charge in [0.25, 0.3) is 5.91 Å². The van der Waals surface area contributed by atoms with Gasteiger partial charge in [-0.05, 0) is 48.0 Å². The van der Waals surface area contributed by atoms with Crippen molar-refractivity contribution < 1.29 is 14.3 Å². The Morgan fingerprint density at radius 1 is 1.04 bits per heavy atom. The van der Waals surface area contributed by atoms with Crippen LogP contribution in [0, 0.1) is 0 Å². The highest BCUT2D eigenvalue weighted by Crippen LogP contribution is 2.21. The molecule has 3 N–H and O–H groups in total. The second kappa shape index (κ2) is 7.45. The lowest BCUT2D eigenvalue weighted by Gasteiger charge is -2.14. The topological polar surface area (TPSA) is 81.4 Å². The standard InChI is InChI=1S/C20H17ClN2O3/c1-12(26-20(25)15-7-9-17(21)18(22)11-15)19(24)23-16-8-6-13-4-2-3-5-14(13)10-16/h2-12H,22H2,1H3,(H,23,24)/t12-/m0/s1. The molecule has 0 saturated carbocycles. The highest BCUT2D eigenvalue weighted by molar-refractivity contribution is 6.33. The zero-order valence-electron chi connectivity index (χ0n) is 14.0. The number of benzene rings is 3. The maximum absolute atomic E-state index is 12.3. The van der Waals surface area contributed by atoms with Crippen molar-refractivity contribution in [2.75, 3.05) is 11.1 Å². The third-order valence-electron chi connectivity index (χ3n) is 3.90. The van der Waals surface area contributed by atoms with Crippen molar-refractivity contribution in [3.05, 3.63) is 71.2 Å². The van der Waals surface area contributed by atoms with Crippen LogP contribution < -0.4 is 11.1 Å². The number of fused-ring (bicyclic) bond motifs is 1. The number of esters is 1. The third-order valence-corrected chi connectivity index (χ3v) is 4.25. The summed E-state index contributed by atoms with van der Waals surface area (Å²) in [5.74, 6) is -1.06. The average molecular weight is 369 g/mol. The Hall–Kier alpha value is -3.05. The second-order valence-corrected chi connectivity index (χ2v) is 6.24. The van der Waals surface area contributed by atoms with Crippen LogP contribution in [0.5, 0.6) is 0 Å². The summed E-state index contributed by atoms with van der Waals surface area (Å²) in [5.41, 5.74) is 6.82. The highest BCUT2D eigenvalue weighted by Gasteiger charge is 2.19. The number of amides is 1. The summed E-state index contributed by atoms with van der Waals surface area (Å²) in [6, 6.07) is 17.8. The fourth-order valence-electron chi connectivity index (χ4n) is 2.46. The summed E-state index contributed by atoms with van der Waals surface area (Å²) in [5, 5.41) is 5.18. The number of nitrogen functional groups attached to an aromatic ring is 1. The van der Waals surface area contributed by atoms with E-state index in [-0.39, 0.29) is 11.3 Å². The number of hydrogen-bond donors (Lipinski definition) is 2. The molecule has 0 spiro atoms. The van der Waals surface area contributed by atoms with Crippen LogP contribution >= 0.6 is 11.6 Å². The molecule has 26 heavy (non-hydrogen) atoms. The molecule has 0 saturated heterocycles. The van der Waals surface area contributed by atoms with Crippen LogP contribution in [0.15, 0.2) is 60.7 Å². The van der Waals surface area contributed by atoms with E-state index >= 15 is 0 Å². The molecule has 0 bridgehead atoms. The minimum atomic E-state index is -0.967.